The van der Waals surface area contributed by atoms with Crippen LogP contribution in [0.25, 0.3) is 0 Å². The Hall–Kier alpha value is -1.49. The van der Waals surface area contributed by atoms with Crippen LogP contribution in [0, 0.1) is 5.95 Å². The summed E-state index contributed by atoms with van der Waals surface area (Å²) in [5.41, 5.74) is 0.112. The van der Waals surface area contributed by atoms with Gasteiger partial charge in [0, 0.05) is 25.2 Å². The Morgan fingerprint density at radius 3 is 2.47 bits per heavy atom. The topological polar surface area (TPSA) is 45.2 Å². The molecule has 0 radical (unpaired) electrons. The van der Waals surface area contributed by atoms with E-state index in [1.54, 1.807) is 0 Å². The summed E-state index contributed by atoms with van der Waals surface area (Å²) >= 11 is 0. The molecule has 5 heteroatoms. The van der Waals surface area contributed by atoms with Crippen LogP contribution in [0.5, 0.6) is 0 Å². The second-order valence-corrected chi connectivity index (χ2v) is 5.03. The van der Waals surface area contributed by atoms with E-state index in [4.69, 9.17) is 0 Å². The van der Waals surface area contributed by atoms with Gasteiger partial charge in [0.15, 0.2) is 0 Å². The fourth-order valence-electron chi connectivity index (χ4n) is 2.04. The number of amides is 1. The van der Waals surface area contributed by atoms with Crippen LogP contribution < -0.4 is 5.32 Å². The van der Waals surface area contributed by atoms with Gasteiger partial charge in [-0.15, -0.1) is 0 Å². The number of hydrogen-bond donors (Lipinski definition) is 1. The van der Waals surface area contributed by atoms with Gasteiger partial charge in [0.05, 0.1) is 0 Å². The number of nitrogens with zero attached hydrogens (tertiary/aromatic N) is 2. The molecular weight excluding hydrogens is 245 g/mol. The SMILES string of the molecule is CC(C)N(CCNC(=O)c1cccc(F)n1)C(C)C. The van der Waals surface area contributed by atoms with Crippen molar-refractivity contribution in [1.29, 1.82) is 0 Å². The van der Waals surface area contributed by atoms with E-state index in [1.165, 1.54) is 18.2 Å². The number of hydrogen-bond acceptors (Lipinski definition) is 3. The quantitative estimate of drug-likeness (QED) is 0.803. The van der Waals surface area contributed by atoms with Gasteiger partial charge < -0.3 is 5.32 Å². The summed E-state index contributed by atoms with van der Waals surface area (Å²) in [6.45, 7) is 9.77. The van der Waals surface area contributed by atoms with Gasteiger partial charge in [-0.2, -0.15) is 4.39 Å². The first-order chi connectivity index (χ1) is 8.91. The predicted molar refractivity (Wildman–Crippen MR) is 73.5 cm³/mol. The van der Waals surface area contributed by atoms with Gasteiger partial charge in [0.2, 0.25) is 5.95 Å². The summed E-state index contributed by atoms with van der Waals surface area (Å²) in [5, 5.41) is 2.76. The Kier molecular flexibility index (Phi) is 5.89. The molecule has 0 aliphatic carbocycles. The Morgan fingerprint density at radius 1 is 1.32 bits per heavy atom. The third-order valence-electron chi connectivity index (χ3n) is 2.93. The molecule has 0 aromatic carbocycles. The highest BCUT2D eigenvalue weighted by atomic mass is 19.1. The third kappa shape index (κ3) is 4.95. The average Bonchev–Trinajstić information content (AvgIpc) is 2.33. The van der Waals surface area contributed by atoms with Gasteiger partial charge in [-0.25, -0.2) is 4.98 Å². The minimum absolute atomic E-state index is 0.112. The number of nitrogens with one attached hydrogen (secondary N) is 1. The Bertz CT molecular complexity index is 413. The Balaban J connectivity index is 2.47. The molecule has 19 heavy (non-hydrogen) atoms. The van der Waals surface area contributed by atoms with Crippen molar-refractivity contribution in [2.24, 2.45) is 0 Å². The van der Waals surface area contributed by atoms with Crippen LogP contribution in [0.2, 0.25) is 0 Å². The minimum Gasteiger partial charge on any atom is -0.349 e. The van der Waals surface area contributed by atoms with E-state index in [0.29, 0.717) is 18.6 Å². The molecule has 1 aromatic rings. The molecule has 4 nitrogen and oxygen atoms in total. The number of rotatable bonds is 6. The van der Waals surface area contributed by atoms with Gasteiger partial charge in [-0.05, 0) is 39.8 Å². The third-order valence-corrected chi connectivity index (χ3v) is 2.93. The number of halogens is 1. The van der Waals surface area contributed by atoms with E-state index >= 15 is 0 Å². The molecule has 1 rings (SSSR count). The maximum Gasteiger partial charge on any atom is 0.270 e. The molecule has 0 aliphatic rings. The fraction of sp³-hybridized carbons (Fsp3) is 0.571. The van der Waals surface area contributed by atoms with E-state index in [0.717, 1.165) is 6.54 Å². The summed E-state index contributed by atoms with van der Waals surface area (Å²) in [7, 11) is 0. The highest BCUT2D eigenvalue weighted by Crippen LogP contribution is 2.03. The first kappa shape index (κ1) is 15.6. The maximum absolute atomic E-state index is 12.9. The second-order valence-electron chi connectivity index (χ2n) is 5.03. The highest BCUT2D eigenvalue weighted by Gasteiger charge is 2.14. The molecule has 1 amide bonds. The normalized spacial score (nSPS) is 11.4. The van der Waals surface area contributed by atoms with Crippen LogP contribution in [0.3, 0.4) is 0 Å². The minimum atomic E-state index is -0.640. The maximum atomic E-state index is 12.9. The van der Waals surface area contributed by atoms with Crippen molar-refractivity contribution in [3.05, 3.63) is 29.8 Å². The van der Waals surface area contributed by atoms with Crippen molar-refractivity contribution >= 4 is 5.91 Å². The van der Waals surface area contributed by atoms with Crippen LogP contribution in [0.1, 0.15) is 38.2 Å². The standard InChI is InChI=1S/C14H22FN3O/c1-10(2)18(11(3)4)9-8-16-14(19)12-6-5-7-13(15)17-12/h5-7,10-11H,8-9H2,1-4H3,(H,16,19). The summed E-state index contributed by atoms with van der Waals surface area (Å²) in [4.78, 5) is 17.6. The van der Waals surface area contributed by atoms with Crippen molar-refractivity contribution < 1.29 is 9.18 Å². The number of aromatic nitrogens is 1. The number of pyridine rings is 1. The molecule has 1 heterocycles. The van der Waals surface area contributed by atoms with E-state index in [2.05, 4.69) is 42.9 Å². The zero-order valence-corrected chi connectivity index (χ0v) is 12.0. The van der Waals surface area contributed by atoms with Crippen molar-refractivity contribution in [2.75, 3.05) is 13.1 Å². The Labute approximate surface area is 114 Å². The Morgan fingerprint density at radius 2 is 1.95 bits per heavy atom. The number of carbonyl (C=O) groups is 1. The molecule has 0 unspecified atom stereocenters. The lowest BCUT2D eigenvalue weighted by Crippen LogP contribution is -2.42. The molecule has 0 atom stereocenters. The molecule has 0 fully saturated rings. The van der Waals surface area contributed by atoms with Crippen molar-refractivity contribution in [3.63, 3.8) is 0 Å². The predicted octanol–water partition coefficient (Wildman–Crippen LogP) is 2.07. The van der Waals surface area contributed by atoms with Crippen LogP contribution in [0.4, 0.5) is 4.39 Å². The molecule has 0 bridgehead atoms. The number of carbonyl (C=O) groups excluding carboxylic acids is 1. The fourth-order valence-corrected chi connectivity index (χ4v) is 2.04. The van der Waals surface area contributed by atoms with Crippen LogP contribution in [-0.4, -0.2) is 41.0 Å². The summed E-state index contributed by atoms with van der Waals surface area (Å²) < 4.78 is 12.9. The van der Waals surface area contributed by atoms with Gasteiger partial charge in [0.25, 0.3) is 5.91 Å². The molecular formula is C14H22FN3O. The van der Waals surface area contributed by atoms with E-state index in [9.17, 15) is 9.18 Å². The zero-order chi connectivity index (χ0) is 14.4. The summed E-state index contributed by atoms with van der Waals surface area (Å²) in [6.07, 6.45) is 0. The first-order valence-corrected chi connectivity index (χ1v) is 6.58. The lowest BCUT2D eigenvalue weighted by Gasteiger charge is -2.30. The molecule has 1 N–H and O–H groups in total. The lowest BCUT2D eigenvalue weighted by molar-refractivity contribution is 0.0933. The molecule has 0 spiro atoms. The van der Waals surface area contributed by atoms with E-state index in [1.807, 2.05) is 0 Å². The van der Waals surface area contributed by atoms with Gasteiger partial charge in [0.1, 0.15) is 5.69 Å². The zero-order valence-electron chi connectivity index (χ0n) is 12.0. The monoisotopic (exact) mass is 267 g/mol. The van der Waals surface area contributed by atoms with Crippen molar-refractivity contribution in [2.45, 2.75) is 39.8 Å². The van der Waals surface area contributed by atoms with Crippen molar-refractivity contribution in [3.8, 4) is 0 Å². The smallest absolute Gasteiger partial charge is 0.270 e. The van der Waals surface area contributed by atoms with Crippen LogP contribution >= 0.6 is 0 Å². The molecule has 1 aromatic heterocycles. The largest absolute Gasteiger partial charge is 0.349 e. The molecule has 0 saturated heterocycles. The van der Waals surface area contributed by atoms with Gasteiger partial charge in [-0.1, -0.05) is 6.07 Å². The van der Waals surface area contributed by atoms with E-state index < -0.39 is 5.95 Å². The van der Waals surface area contributed by atoms with Crippen molar-refractivity contribution in [1.82, 2.24) is 15.2 Å². The average molecular weight is 267 g/mol. The highest BCUT2D eigenvalue weighted by molar-refractivity contribution is 5.92. The lowest BCUT2D eigenvalue weighted by atomic mass is 10.2. The first-order valence-electron chi connectivity index (χ1n) is 6.58. The van der Waals surface area contributed by atoms with Crippen LogP contribution in [0.15, 0.2) is 18.2 Å². The van der Waals surface area contributed by atoms with Gasteiger partial charge in [-0.3, -0.25) is 9.69 Å². The molecule has 106 valence electrons. The summed E-state index contributed by atoms with van der Waals surface area (Å²) in [5.74, 6) is -0.981. The van der Waals surface area contributed by atoms with Crippen LogP contribution in [-0.2, 0) is 0 Å². The molecule has 0 aliphatic heterocycles. The second kappa shape index (κ2) is 7.19. The molecule has 0 saturated carbocycles. The van der Waals surface area contributed by atoms with E-state index in [-0.39, 0.29) is 11.6 Å². The van der Waals surface area contributed by atoms with Gasteiger partial charge >= 0.3 is 0 Å². The summed E-state index contributed by atoms with van der Waals surface area (Å²) in [6, 6.07) is 5.04.